The summed E-state index contributed by atoms with van der Waals surface area (Å²) in [6, 6.07) is 12.9. The average Bonchev–Trinajstić information content (AvgIpc) is 2.46. The van der Waals surface area contributed by atoms with Gasteiger partial charge in [-0.05, 0) is 25.5 Å². The van der Waals surface area contributed by atoms with Gasteiger partial charge >= 0.3 is 0 Å². The summed E-state index contributed by atoms with van der Waals surface area (Å²) in [7, 11) is 0. The summed E-state index contributed by atoms with van der Waals surface area (Å²) in [6.07, 6.45) is -3.43. The first-order valence-electron chi connectivity index (χ1n) is 6.80. The van der Waals surface area contributed by atoms with Crippen LogP contribution < -0.4 is 4.74 Å². The largest absolute Gasteiger partial charge is 0.491 e. The molecule has 0 heterocycles. The number of rotatable bonds is 5. The highest BCUT2D eigenvalue weighted by Crippen LogP contribution is 2.31. The Morgan fingerprint density at radius 2 is 1.48 bits per heavy atom. The molecule has 0 bridgehead atoms. The summed E-state index contributed by atoms with van der Waals surface area (Å²) in [5.41, 5.74) is 1.12. The Balaban J connectivity index is 2.29. The van der Waals surface area contributed by atoms with E-state index in [1.54, 1.807) is 18.2 Å². The van der Waals surface area contributed by atoms with Gasteiger partial charge in [0.25, 0.3) is 6.43 Å². The van der Waals surface area contributed by atoms with Crippen molar-refractivity contribution in [2.75, 3.05) is 0 Å². The fourth-order valence-electron chi connectivity index (χ4n) is 2.07. The lowest BCUT2D eigenvalue weighted by Gasteiger charge is -2.18. The standard InChI is InChI=1S/C17H18F2O2/c1-11(2)21-15-6-4-3-5-14(15)16(20)12-7-9-13(10-8-12)17(18)19/h3-11,16-17,20H,1-2H3. The quantitative estimate of drug-likeness (QED) is 0.879. The van der Waals surface area contributed by atoms with Crippen molar-refractivity contribution in [3.8, 4) is 5.75 Å². The lowest BCUT2D eigenvalue weighted by molar-refractivity contribution is 0.151. The number of benzene rings is 2. The maximum absolute atomic E-state index is 12.5. The van der Waals surface area contributed by atoms with E-state index in [9.17, 15) is 13.9 Å². The number of hydrogen-bond acceptors (Lipinski definition) is 2. The van der Waals surface area contributed by atoms with E-state index in [0.717, 1.165) is 0 Å². The van der Waals surface area contributed by atoms with Crippen molar-refractivity contribution < 1.29 is 18.6 Å². The zero-order valence-electron chi connectivity index (χ0n) is 12.0. The summed E-state index contributed by atoms with van der Waals surface area (Å²) in [5, 5.41) is 10.4. The van der Waals surface area contributed by atoms with E-state index < -0.39 is 12.5 Å². The van der Waals surface area contributed by atoms with Crippen LogP contribution in [0.4, 0.5) is 8.78 Å². The number of halogens is 2. The van der Waals surface area contributed by atoms with Crippen LogP contribution in [0.1, 0.15) is 43.1 Å². The van der Waals surface area contributed by atoms with E-state index in [0.29, 0.717) is 16.9 Å². The molecule has 0 radical (unpaired) electrons. The lowest BCUT2D eigenvalue weighted by atomic mass is 9.99. The van der Waals surface area contributed by atoms with E-state index in [-0.39, 0.29) is 11.7 Å². The van der Waals surface area contributed by atoms with Crippen LogP contribution >= 0.6 is 0 Å². The van der Waals surface area contributed by atoms with Gasteiger partial charge in [-0.2, -0.15) is 0 Å². The molecule has 0 saturated heterocycles. The van der Waals surface area contributed by atoms with Crippen molar-refractivity contribution in [3.05, 3.63) is 65.2 Å². The Hall–Kier alpha value is -1.94. The first-order valence-corrected chi connectivity index (χ1v) is 6.80. The minimum absolute atomic E-state index is 0.0143. The molecule has 0 aliphatic rings. The van der Waals surface area contributed by atoms with Crippen LogP contribution in [0.2, 0.25) is 0 Å². The molecule has 0 spiro atoms. The summed E-state index contributed by atoms with van der Waals surface area (Å²) in [5.74, 6) is 0.595. The highest BCUT2D eigenvalue weighted by molar-refractivity contribution is 5.41. The van der Waals surface area contributed by atoms with Crippen LogP contribution in [-0.4, -0.2) is 11.2 Å². The monoisotopic (exact) mass is 292 g/mol. The Morgan fingerprint density at radius 1 is 0.905 bits per heavy atom. The van der Waals surface area contributed by atoms with Gasteiger partial charge < -0.3 is 9.84 Å². The summed E-state index contributed by atoms with van der Waals surface area (Å²) in [4.78, 5) is 0. The number of alkyl halides is 2. The lowest BCUT2D eigenvalue weighted by Crippen LogP contribution is -2.10. The normalized spacial score (nSPS) is 12.7. The van der Waals surface area contributed by atoms with Gasteiger partial charge in [0, 0.05) is 11.1 Å². The second kappa shape index (κ2) is 6.68. The molecule has 112 valence electrons. The molecule has 0 saturated carbocycles. The molecule has 4 heteroatoms. The number of aliphatic hydroxyl groups excluding tert-OH is 1. The van der Waals surface area contributed by atoms with Crippen molar-refractivity contribution in [1.29, 1.82) is 0 Å². The molecule has 0 aliphatic carbocycles. The van der Waals surface area contributed by atoms with Crippen molar-refractivity contribution in [2.45, 2.75) is 32.5 Å². The number of para-hydroxylation sites is 1. The maximum Gasteiger partial charge on any atom is 0.263 e. The van der Waals surface area contributed by atoms with Gasteiger partial charge in [0.15, 0.2) is 0 Å². The van der Waals surface area contributed by atoms with Crippen LogP contribution in [0, 0.1) is 0 Å². The molecular formula is C17H18F2O2. The molecule has 2 aromatic rings. The SMILES string of the molecule is CC(C)Oc1ccccc1C(O)c1ccc(C(F)F)cc1. The number of aliphatic hydroxyl groups is 1. The van der Waals surface area contributed by atoms with Crippen molar-refractivity contribution in [3.63, 3.8) is 0 Å². The van der Waals surface area contributed by atoms with Crippen LogP contribution in [0.25, 0.3) is 0 Å². The number of hydrogen-bond donors (Lipinski definition) is 1. The summed E-state index contributed by atoms with van der Waals surface area (Å²) in [6.45, 7) is 3.81. The fraction of sp³-hybridized carbons (Fsp3) is 0.294. The molecule has 2 rings (SSSR count). The van der Waals surface area contributed by atoms with Gasteiger partial charge in [-0.25, -0.2) is 8.78 Å². The van der Waals surface area contributed by atoms with E-state index in [1.165, 1.54) is 24.3 Å². The predicted octanol–water partition coefficient (Wildman–Crippen LogP) is 4.49. The Bertz CT molecular complexity index is 580. The highest BCUT2D eigenvalue weighted by atomic mass is 19.3. The minimum atomic E-state index is -2.51. The first-order chi connectivity index (χ1) is 9.99. The fourth-order valence-corrected chi connectivity index (χ4v) is 2.07. The zero-order chi connectivity index (χ0) is 15.4. The Kier molecular flexibility index (Phi) is 4.91. The third kappa shape index (κ3) is 3.79. The highest BCUT2D eigenvalue weighted by Gasteiger charge is 2.16. The molecular weight excluding hydrogens is 274 g/mol. The van der Waals surface area contributed by atoms with Gasteiger partial charge in [-0.3, -0.25) is 0 Å². The van der Waals surface area contributed by atoms with E-state index in [2.05, 4.69) is 0 Å². The second-order valence-corrected chi connectivity index (χ2v) is 5.07. The predicted molar refractivity (Wildman–Crippen MR) is 77.7 cm³/mol. The molecule has 0 aromatic heterocycles. The third-order valence-electron chi connectivity index (χ3n) is 3.08. The van der Waals surface area contributed by atoms with E-state index in [4.69, 9.17) is 4.74 Å². The molecule has 1 atom stereocenters. The average molecular weight is 292 g/mol. The van der Waals surface area contributed by atoms with Crippen LogP contribution in [0.3, 0.4) is 0 Å². The second-order valence-electron chi connectivity index (χ2n) is 5.07. The minimum Gasteiger partial charge on any atom is -0.491 e. The van der Waals surface area contributed by atoms with Crippen LogP contribution in [-0.2, 0) is 0 Å². The smallest absolute Gasteiger partial charge is 0.263 e. The zero-order valence-corrected chi connectivity index (χ0v) is 12.0. The van der Waals surface area contributed by atoms with Gasteiger partial charge in [0.05, 0.1) is 6.10 Å². The van der Waals surface area contributed by atoms with Gasteiger partial charge in [-0.15, -0.1) is 0 Å². The van der Waals surface area contributed by atoms with Gasteiger partial charge in [0.1, 0.15) is 11.9 Å². The van der Waals surface area contributed by atoms with Gasteiger partial charge in [-0.1, -0.05) is 42.5 Å². The topological polar surface area (TPSA) is 29.5 Å². The van der Waals surface area contributed by atoms with Crippen molar-refractivity contribution >= 4 is 0 Å². The molecule has 1 unspecified atom stereocenters. The molecule has 1 N–H and O–H groups in total. The Labute approximate surface area is 123 Å². The van der Waals surface area contributed by atoms with Gasteiger partial charge in [0.2, 0.25) is 0 Å². The molecule has 2 aromatic carbocycles. The summed E-state index contributed by atoms with van der Waals surface area (Å²) >= 11 is 0. The van der Waals surface area contributed by atoms with E-state index >= 15 is 0 Å². The molecule has 0 amide bonds. The number of ether oxygens (including phenoxy) is 1. The van der Waals surface area contributed by atoms with E-state index in [1.807, 2.05) is 19.9 Å². The molecule has 0 fully saturated rings. The molecule has 0 aliphatic heterocycles. The van der Waals surface area contributed by atoms with Crippen LogP contribution in [0.5, 0.6) is 5.75 Å². The van der Waals surface area contributed by atoms with Crippen LogP contribution in [0.15, 0.2) is 48.5 Å². The molecule has 21 heavy (non-hydrogen) atoms. The third-order valence-corrected chi connectivity index (χ3v) is 3.08. The molecule has 2 nitrogen and oxygen atoms in total. The summed E-state index contributed by atoms with van der Waals surface area (Å²) < 4.78 is 30.8. The first kappa shape index (κ1) is 15.4. The Morgan fingerprint density at radius 3 is 2.05 bits per heavy atom. The maximum atomic E-state index is 12.5. The van der Waals surface area contributed by atoms with Crippen molar-refractivity contribution in [1.82, 2.24) is 0 Å². The van der Waals surface area contributed by atoms with Crippen molar-refractivity contribution in [2.24, 2.45) is 0 Å².